The van der Waals surface area contributed by atoms with Crippen molar-refractivity contribution in [3.8, 4) is 0 Å². The molecule has 0 aliphatic carbocycles. The number of hydrogen-bond acceptors (Lipinski definition) is 3. The van der Waals surface area contributed by atoms with Crippen LogP contribution in [0.2, 0.25) is 0 Å². The van der Waals surface area contributed by atoms with Crippen LogP contribution in [0.5, 0.6) is 0 Å². The molecule has 1 fully saturated rings. The van der Waals surface area contributed by atoms with E-state index in [4.69, 9.17) is 0 Å². The molecule has 2 rings (SSSR count). The molecule has 112 valence electrons. The predicted molar refractivity (Wildman–Crippen MR) is 76.9 cm³/mol. The minimum Gasteiger partial charge on any atom is -0.395 e. The molecule has 0 spiro atoms. The molecule has 2 N–H and O–H groups in total. The molecule has 2 atom stereocenters. The number of halogens is 1. The minimum atomic E-state index is -0.571. The Morgan fingerprint density at radius 1 is 1.20 bits per heavy atom. The van der Waals surface area contributed by atoms with Crippen LogP contribution < -0.4 is 0 Å². The number of aliphatic hydroxyl groups is 2. The van der Waals surface area contributed by atoms with E-state index in [0.29, 0.717) is 6.42 Å². The third-order valence-electron chi connectivity index (χ3n) is 4.15. The number of benzene rings is 1. The minimum absolute atomic E-state index is 0.187. The predicted octanol–water partition coefficient (Wildman–Crippen LogP) is 2.49. The normalized spacial score (nSPS) is 22.4. The number of aliphatic hydroxyl groups excluding tert-OH is 2. The van der Waals surface area contributed by atoms with Gasteiger partial charge in [-0.15, -0.1) is 0 Å². The lowest BCUT2D eigenvalue weighted by molar-refractivity contribution is 0.0947. The van der Waals surface area contributed by atoms with Crippen LogP contribution in [0.15, 0.2) is 24.3 Å². The fraction of sp³-hybridized carbons (Fsp3) is 0.625. The zero-order valence-electron chi connectivity index (χ0n) is 11.8. The summed E-state index contributed by atoms with van der Waals surface area (Å²) >= 11 is 0. The Morgan fingerprint density at radius 3 is 2.65 bits per heavy atom. The lowest BCUT2D eigenvalue weighted by Gasteiger charge is -2.29. The highest BCUT2D eigenvalue weighted by atomic mass is 19.1. The van der Waals surface area contributed by atoms with Gasteiger partial charge < -0.3 is 10.2 Å². The third-order valence-corrected chi connectivity index (χ3v) is 4.15. The van der Waals surface area contributed by atoms with Crippen LogP contribution >= 0.6 is 0 Å². The molecule has 2 unspecified atom stereocenters. The fourth-order valence-corrected chi connectivity index (χ4v) is 2.88. The molecule has 1 aliphatic heterocycles. The Kier molecular flexibility index (Phi) is 5.95. The van der Waals surface area contributed by atoms with Gasteiger partial charge >= 0.3 is 0 Å². The zero-order valence-corrected chi connectivity index (χ0v) is 11.8. The van der Waals surface area contributed by atoms with Gasteiger partial charge in [0.05, 0.1) is 12.7 Å². The molecule has 0 radical (unpaired) electrons. The van der Waals surface area contributed by atoms with Crippen LogP contribution in [0.1, 0.15) is 43.8 Å². The highest BCUT2D eigenvalue weighted by Crippen LogP contribution is 2.21. The lowest BCUT2D eigenvalue weighted by Crippen LogP contribution is -2.38. The molecular weight excluding hydrogens is 257 g/mol. The summed E-state index contributed by atoms with van der Waals surface area (Å²) in [5.41, 5.74) is 0.752. The molecule has 4 heteroatoms. The summed E-state index contributed by atoms with van der Waals surface area (Å²) in [6.07, 6.45) is 4.61. The summed E-state index contributed by atoms with van der Waals surface area (Å²) in [6.45, 7) is 1.94. The Hall–Kier alpha value is -0.970. The molecular formula is C16H24FNO2. The van der Waals surface area contributed by atoms with E-state index in [1.54, 1.807) is 12.1 Å². The maximum atomic E-state index is 12.9. The average Bonchev–Trinajstić information content (AvgIpc) is 2.70. The highest BCUT2D eigenvalue weighted by Gasteiger charge is 2.21. The second kappa shape index (κ2) is 7.72. The maximum absolute atomic E-state index is 12.9. The van der Waals surface area contributed by atoms with Crippen LogP contribution in [-0.4, -0.2) is 40.9 Å². The van der Waals surface area contributed by atoms with Crippen molar-refractivity contribution in [2.75, 3.05) is 19.7 Å². The van der Waals surface area contributed by atoms with Crippen LogP contribution in [0.4, 0.5) is 4.39 Å². The van der Waals surface area contributed by atoms with E-state index in [1.165, 1.54) is 25.0 Å². The van der Waals surface area contributed by atoms with E-state index < -0.39 is 6.10 Å². The van der Waals surface area contributed by atoms with Gasteiger partial charge in [0.15, 0.2) is 0 Å². The van der Waals surface area contributed by atoms with Crippen molar-refractivity contribution in [2.45, 2.75) is 44.2 Å². The third kappa shape index (κ3) is 4.27. The molecule has 0 amide bonds. The SMILES string of the molecule is OCC1CCCCCN1CCC(O)c1ccc(F)cc1. The fourth-order valence-electron chi connectivity index (χ4n) is 2.88. The number of rotatable bonds is 5. The quantitative estimate of drug-likeness (QED) is 0.871. The van der Waals surface area contributed by atoms with Gasteiger partial charge in [0.25, 0.3) is 0 Å². The van der Waals surface area contributed by atoms with Gasteiger partial charge in [-0.05, 0) is 43.5 Å². The molecule has 3 nitrogen and oxygen atoms in total. The van der Waals surface area contributed by atoms with E-state index in [-0.39, 0.29) is 18.5 Å². The second-order valence-corrected chi connectivity index (χ2v) is 5.58. The van der Waals surface area contributed by atoms with Gasteiger partial charge in [0.2, 0.25) is 0 Å². The number of hydrogen-bond donors (Lipinski definition) is 2. The topological polar surface area (TPSA) is 43.7 Å². The van der Waals surface area contributed by atoms with Crippen molar-refractivity contribution in [2.24, 2.45) is 0 Å². The van der Waals surface area contributed by atoms with E-state index in [1.807, 2.05) is 0 Å². The molecule has 1 saturated heterocycles. The molecule has 1 aromatic carbocycles. The molecule has 0 bridgehead atoms. The molecule has 20 heavy (non-hydrogen) atoms. The Balaban J connectivity index is 1.87. The van der Waals surface area contributed by atoms with Gasteiger partial charge in [-0.2, -0.15) is 0 Å². The average molecular weight is 281 g/mol. The second-order valence-electron chi connectivity index (χ2n) is 5.58. The van der Waals surface area contributed by atoms with Crippen LogP contribution in [0.3, 0.4) is 0 Å². The summed E-state index contributed by atoms with van der Waals surface area (Å²) in [5, 5.41) is 19.6. The first kappa shape index (κ1) is 15.4. The number of nitrogens with zero attached hydrogens (tertiary/aromatic N) is 1. The molecule has 0 saturated carbocycles. The van der Waals surface area contributed by atoms with Gasteiger partial charge in [-0.1, -0.05) is 25.0 Å². The largest absolute Gasteiger partial charge is 0.395 e. The molecule has 0 aromatic heterocycles. The first-order valence-corrected chi connectivity index (χ1v) is 7.49. The summed E-state index contributed by atoms with van der Waals surface area (Å²) in [4.78, 5) is 2.28. The van der Waals surface area contributed by atoms with Crippen molar-refractivity contribution < 1.29 is 14.6 Å². The Labute approximate surface area is 120 Å². The Bertz CT molecular complexity index is 396. The van der Waals surface area contributed by atoms with Gasteiger partial charge in [-0.3, -0.25) is 4.90 Å². The van der Waals surface area contributed by atoms with Gasteiger partial charge in [0.1, 0.15) is 5.82 Å². The summed E-state index contributed by atoms with van der Waals surface area (Å²) in [7, 11) is 0. The smallest absolute Gasteiger partial charge is 0.123 e. The van der Waals surface area contributed by atoms with Crippen molar-refractivity contribution in [1.82, 2.24) is 4.90 Å². The van der Waals surface area contributed by atoms with Crippen molar-refractivity contribution >= 4 is 0 Å². The van der Waals surface area contributed by atoms with Crippen LogP contribution in [0, 0.1) is 5.82 Å². The summed E-state index contributed by atoms with van der Waals surface area (Å²) < 4.78 is 12.9. The van der Waals surface area contributed by atoms with E-state index in [0.717, 1.165) is 31.5 Å². The van der Waals surface area contributed by atoms with Crippen LogP contribution in [0.25, 0.3) is 0 Å². The monoisotopic (exact) mass is 281 g/mol. The van der Waals surface area contributed by atoms with Crippen molar-refractivity contribution in [1.29, 1.82) is 0 Å². The van der Waals surface area contributed by atoms with Gasteiger partial charge in [-0.25, -0.2) is 4.39 Å². The molecule has 1 aromatic rings. The van der Waals surface area contributed by atoms with Crippen LogP contribution in [-0.2, 0) is 0 Å². The lowest BCUT2D eigenvalue weighted by atomic mass is 10.1. The van der Waals surface area contributed by atoms with Gasteiger partial charge in [0, 0.05) is 12.6 Å². The van der Waals surface area contributed by atoms with E-state index in [2.05, 4.69) is 4.90 Å². The first-order chi connectivity index (χ1) is 9.70. The van der Waals surface area contributed by atoms with Crippen molar-refractivity contribution in [3.63, 3.8) is 0 Å². The standard InChI is InChI=1S/C16H24FNO2/c17-14-7-5-13(6-8-14)16(20)9-11-18-10-3-1-2-4-15(18)12-19/h5-8,15-16,19-20H,1-4,9-12H2. The Morgan fingerprint density at radius 2 is 1.95 bits per heavy atom. The maximum Gasteiger partial charge on any atom is 0.123 e. The summed E-state index contributed by atoms with van der Waals surface area (Å²) in [6, 6.07) is 6.23. The van der Waals surface area contributed by atoms with Crippen molar-refractivity contribution in [3.05, 3.63) is 35.6 Å². The first-order valence-electron chi connectivity index (χ1n) is 7.49. The van der Waals surface area contributed by atoms with E-state index >= 15 is 0 Å². The zero-order chi connectivity index (χ0) is 14.4. The highest BCUT2D eigenvalue weighted by molar-refractivity contribution is 5.18. The summed E-state index contributed by atoms with van der Waals surface area (Å²) in [5.74, 6) is -0.284. The number of likely N-dealkylation sites (tertiary alicyclic amines) is 1. The van der Waals surface area contributed by atoms with E-state index in [9.17, 15) is 14.6 Å². The molecule has 1 aliphatic rings. The molecule has 1 heterocycles.